The Morgan fingerprint density at radius 1 is 0.338 bits per heavy atom. The lowest BCUT2D eigenvalue weighted by Gasteiger charge is -2.13. The Morgan fingerprint density at radius 3 is 1.15 bits per heavy atom. The molecule has 4 N–H and O–H groups in total. The number of carbonyl (C=O) groups excluding carboxylic acids is 2. The molecule has 0 spiro atoms. The van der Waals surface area contributed by atoms with Crippen LogP contribution in [0.2, 0.25) is 0 Å². The molecule has 23 rings (SSSR count). The second kappa shape index (κ2) is 50.9. The minimum absolute atomic E-state index is 0. The lowest BCUT2D eigenvalue weighted by atomic mass is 9.53. The summed E-state index contributed by atoms with van der Waals surface area (Å²) >= 11 is 0. The smallest absolute Gasteiger partial charge is 0.411 e. The van der Waals surface area contributed by atoms with E-state index < -0.39 is 22.2 Å². The summed E-state index contributed by atoms with van der Waals surface area (Å²) in [4.78, 5) is 28.2. The second-order valence-electron chi connectivity index (χ2n) is 36.5. The number of halogens is 4. The molecular formula is C117H113B7F4N4O15S. The average Bonchev–Trinajstić information content (AvgIpc) is 1.62. The summed E-state index contributed by atoms with van der Waals surface area (Å²) in [6.07, 6.45) is 3.22. The number of pyridine rings is 1. The van der Waals surface area contributed by atoms with Gasteiger partial charge < -0.3 is 52.3 Å². The van der Waals surface area contributed by atoms with Gasteiger partial charge in [-0.05, 0) is 256 Å². The highest BCUT2D eigenvalue weighted by molar-refractivity contribution is 7.89. The van der Waals surface area contributed by atoms with Crippen molar-refractivity contribution in [3.05, 3.63) is 465 Å². The first kappa shape index (κ1) is 108. The monoisotopic (exact) mass is 2000 g/mol. The van der Waals surface area contributed by atoms with Crippen LogP contribution in [0.25, 0.3) is 0 Å². The zero-order valence-corrected chi connectivity index (χ0v) is 82.4. The van der Waals surface area contributed by atoms with Gasteiger partial charge in [0.05, 0.1) is 71.0 Å². The summed E-state index contributed by atoms with van der Waals surface area (Å²) in [6, 6.07) is 107. The van der Waals surface area contributed by atoms with Gasteiger partial charge in [0.25, 0.3) is 0 Å². The van der Waals surface area contributed by atoms with E-state index in [1.54, 1.807) is 72.9 Å². The van der Waals surface area contributed by atoms with Gasteiger partial charge in [-0.25, -0.2) is 39.9 Å². The molecule has 15 aromatic carbocycles. The van der Waals surface area contributed by atoms with Gasteiger partial charge in [0.1, 0.15) is 29.9 Å². The molecule has 16 aromatic rings. The number of nitrogens with zero attached hydrogens (tertiary/aromatic N) is 2. The normalized spacial score (nSPS) is 13.3. The summed E-state index contributed by atoms with van der Waals surface area (Å²) in [6.45, 7) is 11.8. The van der Waals surface area contributed by atoms with Crippen LogP contribution in [0.5, 0.6) is 0 Å². The van der Waals surface area contributed by atoms with E-state index in [4.69, 9.17) is 52.3 Å². The van der Waals surface area contributed by atoms with Crippen LogP contribution in [0.1, 0.15) is 98.3 Å². The molecule has 0 bridgehead atoms. The van der Waals surface area contributed by atoms with Crippen LogP contribution in [-0.2, 0) is 125 Å². The molecule has 1 aromatic heterocycles. The lowest BCUT2D eigenvalue weighted by molar-refractivity contribution is 0.155. The number of ether oxygens (including phenoxy) is 2. The van der Waals surface area contributed by atoms with Crippen LogP contribution in [0.3, 0.4) is 0 Å². The average molecular weight is 2000 g/mol. The fourth-order valence-electron chi connectivity index (χ4n) is 18.7. The molecule has 31 heteroatoms. The van der Waals surface area contributed by atoms with Crippen molar-refractivity contribution in [3.63, 3.8) is 0 Å². The molecule has 7 aliphatic rings. The number of amides is 2. The second-order valence-corrected chi connectivity index (χ2v) is 38.7. The molecule has 0 radical (unpaired) electrons. The number of nitrogens with one attached hydrogen (secondary N) is 2. The van der Waals surface area contributed by atoms with Gasteiger partial charge in [0, 0.05) is 44.3 Å². The van der Waals surface area contributed by atoms with E-state index in [2.05, 4.69) is 121 Å². The topological polar surface area (TPSA) is 232 Å². The van der Waals surface area contributed by atoms with Crippen molar-refractivity contribution in [3.8, 4) is 0 Å². The SMILES string of the molecule is C.C.CN(C)S(=O)(=O)c1ccc(B2OCc3ccccc32)cc1.Cc1cccc(B2OCc3cc(CO)ccc32)c1.Cc1cccc(C)c1B1OCc2cc(F)ccc21.Cc1cncc(B2OCc3cc(F)ccc32)c1.O=C(Nc1ccccc1)OCCc1cccc(B2OCc3cc(F)ccc32)c1.O=C(Nc1ccccc1)OCc1cccc(B2OCc3cc(F)ccc32)c1.OCc1ccc2c(c1)COB2c1ccccc1. The summed E-state index contributed by atoms with van der Waals surface area (Å²) < 4.78 is 130. The van der Waals surface area contributed by atoms with Crippen molar-refractivity contribution in [1.82, 2.24) is 9.29 Å². The van der Waals surface area contributed by atoms with Crippen LogP contribution in [0, 0.1) is 51.0 Å². The van der Waals surface area contributed by atoms with Gasteiger partial charge in [-0.1, -0.05) is 292 Å². The Labute approximate surface area is 866 Å². The summed E-state index contributed by atoms with van der Waals surface area (Å²) in [5.41, 5.74) is 32.4. The van der Waals surface area contributed by atoms with E-state index in [1.165, 1.54) is 115 Å². The van der Waals surface area contributed by atoms with E-state index in [9.17, 15) is 35.6 Å². The first-order valence-electron chi connectivity index (χ1n) is 48.2. The molecule has 0 unspecified atom stereocenters. The zero-order chi connectivity index (χ0) is 102. The predicted octanol–water partition coefficient (Wildman–Crippen LogP) is 13.5. The molecule has 148 heavy (non-hydrogen) atoms. The van der Waals surface area contributed by atoms with Gasteiger partial charge in [-0.3, -0.25) is 15.6 Å². The van der Waals surface area contributed by atoms with Gasteiger partial charge in [0.2, 0.25) is 10.0 Å². The van der Waals surface area contributed by atoms with Crippen LogP contribution in [0.4, 0.5) is 38.5 Å². The highest BCUT2D eigenvalue weighted by atomic mass is 32.2. The Bertz CT molecular complexity index is 7390. The number of aliphatic hydroxyl groups excluding tert-OH is 2. The first-order valence-corrected chi connectivity index (χ1v) is 49.6. The van der Waals surface area contributed by atoms with E-state index in [0.717, 1.165) is 99.2 Å². The maximum atomic E-state index is 13.4. The number of anilines is 2. The highest BCUT2D eigenvalue weighted by Crippen LogP contribution is 2.24. The number of sulfonamides is 1. The fraction of sp³-hybridized carbons (Fsp3) is 0.171. The maximum Gasteiger partial charge on any atom is 0.411 e. The molecule has 2 amide bonds. The summed E-state index contributed by atoms with van der Waals surface area (Å²) in [5, 5.41) is 23.6. The van der Waals surface area contributed by atoms with Crippen molar-refractivity contribution in [2.45, 2.75) is 120 Å². The van der Waals surface area contributed by atoms with Crippen molar-refractivity contribution in [1.29, 1.82) is 0 Å². The Hall–Kier alpha value is -14.3. The van der Waals surface area contributed by atoms with Gasteiger partial charge in [-0.15, -0.1) is 0 Å². The number of benzene rings is 15. The van der Waals surface area contributed by atoms with E-state index in [0.29, 0.717) is 68.9 Å². The number of aromatic nitrogens is 1. The number of para-hydroxylation sites is 2. The third kappa shape index (κ3) is 27.0. The van der Waals surface area contributed by atoms with Crippen molar-refractivity contribution >= 4 is 158 Å². The maximum absolute atomic E-state index is 13.4. The predicted molar refractivity (Wildman–Crippen MR) is 587 cm³/mol. The third-order valence-corrected chi connectivity index (χ3v) is 27.9. The third-order valence-electron chi connectivity index (χ3n) is 26.0. The standard InChI is InChI=1S/C22H19BFNO3.C21H17BFNO3.C15H14BFO.C15H16BNO3S.C15H15BO2.C14H13BO2.C13H11BFNO.2CH4/c24-19-9-10-21-17(14-19)15-28-23(21)18-6-4-5-16(13-18)11-12-27-22(26)25-20-7-2-1-3-8-20;23-18-9-10-20-16(12-18)14-27-22(20)17-6-4-5-15(11-17)13-26-21(25)24-19-7-2-1-3-8-19;1-10-4-3-5-11(2)15(10)16-14-7-6-13(17)8-12(14)9-18-16;1-17(2)21(18,19)14-9-7-13(8-10-14)16-15-6-4-3-5-12(15)11-20-16;1-11-3-2-4-14(7-11)16-15-6-5-12(9-17)8-13(15)10-18-16;16-9-11-6-7-14-12(8-11)10-17-15(14)13-4-2-1-3-5-13;1-9-4-11(7-16-6-9)14-13-3-2-12(15)5-10(13)8-17-14;;/h1-10,13-14H,11-12,15H2,(H,25,26);1-12H,13-14H2,(H,24,25);3-8H,9H2,1-2H3;3-10H,11H2,1-2H3;2-8,17H,9-10H2,1H3;1-8,16H,9-10H2;2-7H,8H2,1H3;2*1H4. The Morgan fingerprint density at radius 2 is 0.689 bits per heavy atom. The number of rotatable bonds is 18. The zero-order valence-electron chi connectivity index (χ0n) is 81.6. The molecular weight excluding hydrogens is 1890 g/mol. The van der Waals surface area contributed by atoms with E-state index >= 15 is 0 Å². The first-order chi connectivity index (χ1) is 70.9. The van der Waals surface area contributed by atoms with E-state index in [-0.39, 0.29) is 113 Å². The molecule has 0 aliphatic carbocycles. The van der Waals surface area contributed by atoms with Crippen molar-refractivity contribution in [2.24, 2.45) is 0 Å². The van der Waals surface area contributed by atoms with Gasteiger partial charge in [-0.2, -0.15) is 0 Å². The molecule has 0 saturated heterocycles. The molecule has 8 heterocycles. The molecule has 0 fully saturated rings. The molecule has 0 saturated carbocycles. The minimum Gasteiger partial charge on any atom is -0.449 e. The number of carbonyl (C=O) groups is 2. The number of aryl methyl sites for hydroxylation is 4. The number of fused-ring (bicyclic) bond motifs is 7. The van der Waals surface area contributed by atoms with Crippen molar-refractivity contribution in [2.75, 3.05) is 31.3 Å². The summed E-state index contributed by atoms with van der Waals surface area (Å²) in [5.74, 6) is -0.915. The Balaban J connectivity index is 0.000000130. The number of hydrogen-bond acceptors (Lipinski definition) is 16. The molecule has 19 nitrogen and oxygen atoms in total. The van der Waals surface area contributed by atoms with Crippen LogP contribution in [0.15, 0.2) is 363 Å². The van der Waals surface area contributed by atoms with E-state index in [1.807, 2.05) is 171 Å². The van der Waals surface area contributed by atoms with Gasteiger partial charge >= 0.3 is 60.6 Å². The highest BCUT2D eigenvalue weighted by Gasteiger charge is 2.38. The summed E-state index contributed by atoms with van der Waals surface area (Å²) in [7, 11) is -0.330. The molecule has 746 valence electrons. The molecule has 0 atom stereocenters. The van der Waals surface area contributed by atoms with Gasteiger partial charge in [0.15, 0.2) is 0 Å². The lowest BCUT2D eigenvalue weighted by Crippen LogP contribution is -2.44. The van der Waals surface area contributed by atoms with Crippen LogP contribution >= 0.6 is 0 Å². The van der Waals surface area contributed by atoms with Crippen LogP contribution in [-0.4, -0.2) is 109 Å². The number of hydrogen-bond donors (Lipinski definition) is 4. The quantitative estimate of drug-likeness (QED) is 0.0462. The Kier molecular flexibility index (Phi) is 37.1. The van der Waals surface area contributed by atoms with Crippen molar-refractivity contribution < 1.29 is 87.8 Å². The van der Waals surface area contributed by atoms with Crippen LogP contribution < -0.4 is 87.1 Å². The molecule has 7 aliphatic heterocycles. The fourth-order valence-corrected chi connectivity index (χ4v) is 19.6. The largest absolute Gasteiger partial charge is 0.449 e. The number of aliphatic hydroxyl groups is 2. The minimum atomic E-state index is -3.39.